The number of alkyl halides is 3. The molecule has 11 heteroatoms. The molecule has 1 N–H and O–H groups in total. The van der Waals surface area contributed by atoms with E-state index in [9.17, 15) is 22.8 Å². The molecular weight excluding hydrogens is 451 g/mol. The molecule has 0 fully saturated rings. The highest BCUT2D eigenvalue weighted by Gasteiger charge is 2.32. The summed E-state index contributed by atoms with van der Waals surface area (Å²) in [7, 11) is 0. The zero-order valence-corrected chi connectivity index (χ0v) is 18.0. The van der Waals surface area contributed by atoms with Crippen LogP contribution in [0.5, 0.6) is 0 Å². The molecule has 0 saturated carbocycles. The van der Waals surface area contributed by atoms with Gasteiger partial charge in [-0.25, -0.2) is 9.78 Å². The molecule has 0 bridgehead atoms. The van der Waals surface area contributed by atoms with Crippen LogP contribution in [0.25, 0.3) is 0 Å². The number of furan rings is 1. The first-order chi connectivity index (χ1) is 15.0. The normalized spacial score (nSPS) is 12.5. The molecule has 3 aromatic heterocycles. The van der Waals surface area contributed by atoms with Gasteiger partial charge < -0.3 is 19.0 Å². The number of halogens is 4. The number of aromatic nitrogens is 2. The van der Waals surface area contributed by atoms with Crippen LogP contribution in [-0.2, 0) is 22.3 Å². The summed E-state index contributed by atoms with van der Waals surface area (Å²) in [5.41, 5.74) is 0.650. The van der Waals surface area contributed by atoms with E-state index in [2.05, 4.69) is 10.3 Å². The monoisotopic (exact) mass is 469 g/mol. The quantitative estimate of drug-likeness (QED) is 0.513. The zero-order chi connectivity index (χ0) is 23.6. The molecule has 3 rings (SSSR count). The van der Waals surface area contributed by atoms with Crippen molar-refractivity contribution in [1.29, 1.82) is 0 Å². The van der Waals surface area contributed by atoms with Crippen LogP contribution in [-0.4, -0.2) is 27.5 Å². The minimum atomic E-state index is -4.62. The molecule has 0 aliphatic heterocycles. The molecule has 0 spiro atoms. The lowest BCUT2D eigenvalue weighted by Gasteiger charge is -2.15. The Balaban J connectivity index is 1.67. The molecule has 1 atom stereocenters. The molecule has 0 saturated heterocycles. The molecule has 1 amide bonds. The van der Waals surface area contributed by atoms with E-state index in [-0.39, 0.29) is 11.4 Å². The third-order valence-electron chi connectivity index (χ3n) is 4.75. The van der Waals surface area contributed by atoms with Crippen molar-refractivity contribution in [2.75, 3.05) is 5.32 Å². The molecule has 3 heterocycles. The Morgan fingerprint density at radius 3 is 2.62 bits per heavy atom. The van der Waals surface area contributed by atoms with Gasteiger partial charge in [0, 0.05) is 17.6 Å². The maximum absolute atomic E-state index is 12.7. The summed E-state index contributed by atoms with van der Waals surface area (Å²) in [6.07, 6.45) is -3.77. The van der Waals surface area contributed by atoms with Crippen molar-refractivity contribution in [3.8, 4) is 0 Å². The predicted molar refractivity (Wildman–Crippen MR) is 109 cm³/mol. The van der Waals surface area contributed by atoms with Gasteiger partial charge in [-0.1, -0.05) is 11.6 Å². The van der Waals surface area contributed by atoms with Crippen LogP contribution in [0.3, 0.4) is 0 Å². The lowest BCUT2D eigenvalue weighted by molar-refractivity contribution is -0.137. The number of nitrogens with zero attached hydrogens (tertiary/aromatic N) is 2. The number of nitrogens with one attached hydrogen (secondary N) is 1. The van der Waals surface area contributed by atoms with Gasteiger partial charge in [-0.15, -0.1) is 0 Å². The fraction of sp³-hybridized carbons (Fsp3) is 0.286. The smallest absolute Gasteiger partial charge is 0.417 e. The molecule has 32 heavy (non-hydrogen) atoms. The average Bonchev–Trinajstić information content (AvgIpc) is 3.32. The summed E-state index contributed by atoms with van der Waals surface area (Å²) < 4.78 is 50.6. The number of rotatable bonds is 6. The molecule has 7 nitrogen and oxygen atoms in total. The second-order valence-electron chi connectivity index (χ2n) is 7.04. The standard InChI is InChI=1S/C21H19ClF3N3O4/c1-11-7-16(12(2)28(11)10-15-5-4-6-31-15)20(30)32-13(3)19(29)27-18-17(22)8-14(9-26-18)21(23,24)25/h4-9,13H,10H2,1-3H3,(H,26,27,29)/t13-/m1/s1. The number of anilines is 1. The highest BCUT2D eigenvalue weighted by Crippen LogP contribution is 2.32. The van der Waals surface area contributed by atoms with E-state index in [4.69, 9.17) is 20.8 Å². The summed E-state index contributed by atoms with van der Waals surface area (Å²) in [5, 5.41) is 1.87. The highest BCUT2D eigenvalue weighted by molar-refractivity contribution is 6.33. The molecule has 0 aliphatic carbocycles. The minimum absolute atomic E-state index is 0.274. The number of esters is 1. The average molecular weight is 470 g/mol. The second-order valence-corrected chi connectivity index (χ2v) is 7.45. The zero-order valence-electron chi connectivity index (χ0n) is 17.3. The number of ether oxygens (including phenoxy) is 1. The molecule has 0 aromatic carbocycles. The summed E-state index contributed by atoms with van der Waals surface area (Å²) in [5.74, 6) is -1.08. The van der Waals surface area contributed by atoms with E-state index < -0.39 is 34.7 Å². The first kappa shape index (κ1) is 23.4. The summed E-state index contributed by atoms with van der Waals surface area (Å²) >= 11 is 5.79. The fourth-order valence-corrected chi connectivity index (χ4v) is 3.20. The van der Waals surface area contributed by atoms with E-state index >= 15 is 0 Å². The van der Waals surface area contributed by atoms with E-state index in [0.29, 0.717) is 30.3 Å². The Kier molecular flexibility index (Phi) is 6.63. The van der Waals surface area contributed by atoms with Crippen molar-refractivity contribution in [3.05, 3.63) is 70.0 Å². The van der Waals surface area contributed by atoms with Crippen LogP contribution in [0.2, 0.25) is 5.02 Å². The molecular formula is C21H19ClF3N3O4. The Morgan fingerprint density at radius 1 is 1.31 bits per heavy atom. The van der Waals surface area contributed by atoms with Gasteiger partial charge in [0.25, 0.3) is 5.91 Å². The van der Waals surface area contributed by atoms with Crippen molar-refractivity contribution in [3.63, 3.8) is 0 Å². The van der Waals surface area contributed by atoms with Crippen LogP contribution in [0.4, 0.5) is 19.0 Å². The molecule has 0 radical (unpaired) electrons. The van der Waals surface area contributed by atoms with Crippen molar-refractivity contribution in [1.82, 2.24) is 9.55 Å². The predicted octanol–water partition coefficient (Wildman–Crippen LogP) is 5.00. The van der Waals surface area contributed by atoms with Gasteiger partial charge in [-0.05, 0) is 45.0 Å². The van der Waals surface area contributed by atoms with Crippen molar-refractivity contribution >= 4 is 29.3 Å². The van der Waals surface area contributed by atoms with Gasteiger partial charge in [0.15, 0.2) is 11.9 Å². The summed E-state index contributed by atoms with van der Waals surface area (Å²) in [6, 6.07) is 5.86. The first-order valence-corrected chi connectivity index (χ1v) is 9.79. The number of carbonyl (C=O) groups excluding carboxylic acids is 2. The van der Waals surface area contributed by atoms with Gasteiger partial charge in [0.05, 0.1) is 29.0 Å². The number of aryl methyl sites for hydroxylation is 1. The van der Waals surface area contributed by atoms with Crippen LogP contribution >= 0.6 is 11.6 Å². The molecule has 0 unspecified atom stereocenters. The number of amides is 1. The third kappa shape index (κ3) is 5.13. The van der Waals surface area contributed by atoms with Crippen LogP contribution in [0.1, 0.15) is 40.0 Å². The van der Waals surface area contributed by atoms with Crippen LogP contribution < -0.4 is 5.32 Å². The van der Waals surface area contributed by atoms with Crippen molar-refractivity contribution < 1.29 is 31.9 Å². The lowest BCUT2D eigenvalue weighted by Crippen LogP contribution is -2.30. The van der Waals surface area contributed by atoms with Crippen molar-refractivity contribution in [2.45, 2.75) is 39.6 Å². The summed E-state index contributed by atoms with van der Waals surface area (Å²) in [4.78, 5) is 28.5. The first-order valence-electron chi connectivity index (χ1n) is 9.41. The summed E-state index contributed by atoms with van der Waals surface area (Å²) in [6.45, 7) is 5.31. The number of hydrogen-bond acceptors (Lipinski definition) is 5. The number of carbonyl (C=O) groups is 2. The van der Waals surface area contributed by atoms with Crippen LogP contribution in [0, 0.1) is 13.8 Å². The van der Waals surface area contributed by atoms with Gasteiger partial charge in [0.1, 0.15) is 5.76 Å². The van der Waals surface area contributed by atoms with E-state index in [0.717, 1.165) is 5.69 Å². The van der Waals surface area contributed by atoms with E-state index in [1.165, 1.54) is 6.92 Å². The number of pyridine rings is 1. The Morgan fingerprint density at radius 2 is 2.03 bits per heavy atom. The van der Waals surface area contributed by atoms with E-state index in [1.807, 2.05) is 17.6 Å². The molecule has 170 valence electrons. The second kappa shape index (κ2) is 9.07. The maximum Gasteiger partial charge on any atom is 0.417 e. The Labute approximate surface area is 186 Å². The lowest BCUT2D eigenvalue weighted by atomic mass is 10.2. The topological polar surface area (TPSA) is 86.4 Å². The Bertz CT molecular complexity index is 1140. The highest BCUT2D eigenvalue weighted by atomic mass is 35.5. The largest absolute Gasteiger partial charge is 0.467 e. The van der Waals surface area contributed by atoms with Gasteiger partial charge in [-0.2, -0.15) is 13.2 Å². The molecule has 0 aliphatic rings. The van der Waals surface area contributed by atoms with Crippen molar-refractivity contribution in [2.24, 2.45) is 0 Å². The fourth-order valence-electron chi connectivity index (χ4n) is 2.99. The third-order valence-corrected chi connectivity index (χ3v) is 5.04. The molecule has 3 aromatic rings. The Hall–Kier alpha value is -3.27. The minimum Gasteiger partial charge on any atom is -0.467 e. The van der Waals surface area contributed by atoms with Gasteiger partial charge in [-0.3, -0.25) is 4.79 Å². The van der Waals surface area contributed by atoms with E-state index in [1.54, 1.807) is 25.3 Å². The van der Waals surface area contributed by atoms with Gasteiger partial charge >= 0.3 is 12.1 Å². The SMILES string of the molecule is Cc1cc(C(=O)O[C@H](C)C(=O)Nc2ncc(C(F)(F)F)cc2Cl)c(C)n1Cc1ccco1. The number of hydrogen-bond donors (Lipinski definition) is 1. The van der Waals surface area contributed by atoms with Gasteiger partial charge in [0.2, 0.25) is 0 Å². The maximum atomic E-state index is 12.7. The van der Waals surface area contributed by atoms with Crippen LogP contribution in [0.15, 0.2) is 41.1 Å².